The Morgan fingerprint density at radius 2 is 1.84 bits per heavy atom. The number of carbonyl (C=O) groups excluding carboxylic acids is 2. The summed E-state index contributed by atoms with van der Waals surface area (Å²) in [7, 11) is 3.37. The number of para-hydroxylation sites is 1. The monoisotopic (exact) mass is 493 g/mol. The van der Waals surface area contributed by atoms with E-state index in [1.165, 1.54) is 16.7 Å². The number of likely N-dealkylation sites (N-methyl/N-ethyl adjacent to an activating group) is 1. The molecule has 2 amide bonds. The lowest BCUT2D eigenvalue weighted by molar-refractivity contribution is -0.131. The molecule has 0 fully saturated rings. The standard InChI is InChI=1S/C21H21Cl2N5O3S/c1-27(11-19(29)24-17-6-4-3-5-16(17)23)20(30)13-32-21-26-25-18(28(21)2)12-31-15-9-7-14(22)8-10-15/h3-10H,11-13H2,1-2H3,(H,24,29). The molecule has 0 aliphatic rings. The van der Waals surface area contributed by atoms with Crippen LogP contribution in [-0.2, 0) is 23.2 Å². The van der Waals surface area contributed by atoms with E-state index < -0.39 is 0 Å². The number of hydrogen-bond acceptors (Lipinski definition) is 6. The zero-order chi connectivity index (χ0) is 23.1. The van der Waals surface area contributed by atoms with E-state index in [9.17, 15) is 9.59 Å². The molecule has 1 heterocycles. The molecule has 168 valence electrons. The number of ether oxygens (including phenoxy) is 1. The van der Waals surface area contributed by atoms with Gasteiger partial charge in [-0.3, -0.25) is 9.59 Å². The molecule has 0 saturated carbocycles. The van der Waals surface area contributed by atoms with E-state index in [2.05, 4.69) is 15.5 Å². The molecule has 0 aliphatic heterocycles. The van der Waals surface area contributed by atoms with Crippen LogP contribution < -0.4 is 10.1 Å². The highest BCUT2D eigenvalue weighted by atomic mass is 35.5. The van der Waals surface area contributed by atoms with Crippen molar-refractivity contribution in [3.8, 4) is 5.75 Å². The lowest BCUT2D eigenvalue weighted by atomic mass is 10.3. The van der Waals surface area contributed by atoms with Crippen molar-refractivity contribution in [1.82, 2.24) is 19.7 Å². The molecule has 1 aromatic heterocycles. The van der Waals surface area contributed by atoms with Gasteiger partial charge in [0.05, 0.1) is 23.0 Å². The van der Waals surface area contributed by atoms with E-state index in [1.54, 1.807) is 67.2 Å². The van der Waals surface area contributed by atoms with E-state index in [0.29, 0.717) is 32.5 Å². The summed E-state index contributed by atoms with van der Waals surface area (Å²) in [5, 5.41) is 12.6. The Morgan fingerprint density at radius 1 is 1.12 bits per heavy atom. The first-order valence-corrected chi connectivity index (χ1v) is 11.3. The number of carbonyl (C=O) groups is 2. The van der Waals surface area contributed by atoms with Crippen LogP contribution in [0.25, 0.3) is 0 Å². The zero-order valence-electron chi connectivity index (χ0n) is 17.4. The van der Waals surface area contributed by atoms with Gasteiger partial charge in [0.1, 0.15) is 12.4 Å². The van der Waals surface area contributed by atoms with E-state index in [4.69, 9.17) is 27.9 Å². The van der Waals surface area contributed by atoms with Gasteiger partial charge in [0.2, 0.25) is 11.8 Å². The highest BCUT2D eigenvalue weighted by Crippen LogP contribution is 2.21. The molecule has 0 unspecified atom stereocenters. The number of thioether (sulfide) groups is 1. The van der Waals surface area contributed by atoms with Gasteiger partial charge in [0, 0.05) is 19.1 Å². The minimum absolute atomic E-state index is 0.0936. The Balaban J connectivity index is 1.47. The molecule has 0 saturated heterocycles. The van der Waals surface area contributed by atoms with Crippen molar-refractivity contribution in [3.63, 3.8) is 0 Å². The van der Waals surface area contributed by atoms with Crippen molar-refractivity contribution in [2.75, 3.05) is 24.7 Å². The number of aromatic nitrogens is 3. The van der Waals surface area contributed by atoms with Crippen LogP contribution in [0.15, 0.2) is 53.7 Å². The maximum atomic E-state index is 12.4. The van der Waals surface area contributed by atoms with E-state index in [-0.39, 0.29) is 30.7 Å². The second-order valence-corrected chi connectivity index (χ2v) is 8.55. The molecule has 8 nitrogen and oxygen atoms in total. The summed E-state index contributed by atoms with van der Waals surface area (Å²) in [5.41, 5.74) is 0.502. The molecule has 0 radical (unpaired) electrons. The predicted octanol–water partition coefficient (Wildman–Crippen LogP) is 3.89. The summed E-state index contributed by atoms with van der Waals surface area (Å²) >= 11 is 13.1. The first kappa shape index (κ1) is 23.9. The number of rotatable bonds is 9. The smallest absolute Gasteiger partial charge is 0.244 e. The van der Waals surface area contributed by atoms with Crippen LogP contribution in [0.3, 0.4) is 0 Å². The quantitative estimate of drug-likeness (QED) is 0.454. The lowest BCUT2D eigenvalue weighted by Gasteiger charge is -2.16. The number of anilines is 1. The van der Waals surface area contributed by atoms with Gasteiger partial charge in [-0.1, -0.05) is 47.1 Å². The Labute approximate surface area is 199 Å². The Kier molecular flexibility index (Phi) is 8.38. The van der Waals surface area contributed by atoms with E-state index >= 15 is 0 Å². The average Bonchev–Trinajstić information content (AvgIpc) is 3.12. The van der Waals surface area contributed by atoms with Crippen LogP contribution in [0.1, 0.15) is 5.82 Å². The zero-order valence-corrected chi connectivity index (χ0v) is 19.7. The molecule has 3 aromatic rings. The fourth-order valence-electron chi connectivity index (χ4n) is 2.57. The summed E-state index contributed by atoms with van der Waals surface area (Å²) in [5.74, 6) is 0.839. The number of nitrogens with one attached hydrogen (secondary N) is 1. The Hall–Kier alpha value is -2.75. The molecule has 3 rings (SSSR count). The minimum atomic E-state index is -0.334. The van der Waals surface area contributed by atoms with Gasteiger partial charge in [-0.05, 0) is 36.4 Å². The average molecular weight is 494 g/mol. The van der Waals surface area contributed by atoms with E-state index in [0.717, 1.165) is 0 Å². The van der Waals surface area contributed by atoms with Crippen molar-refractivity contribution in [2.24, 2.45) is 7.05 Å². The molecular weight excluding hydrogens is 473 g/mol. The van der Waals surface area contributed by atoms with E-state index in [1.807, 2.05) is 0 Å². The Bertz CT molecular complexity index is 1090. The van der Waals surface area contributed by atoms with Crippen molar-refractivity contribution in [2.45, 2.75) is 11.8 Å². The SMILES string of the molecule is CN(CC(=O)Nc1ccccc1Cl)C(=O)CSc1nnc(COc2ccc(Cl)cc2)n1C. The third kappa shape index (κ3) is 6.62. The van der Waals surface area contributed by atoms with Crippen LogP contribution in [0.4, 0.5) is 5.69 Å². The molecule has 0 bridgehead atoms. The van der Waals surface area contributed by atoms with Gasteiger partial charge in [0.15, 0.2) is 11.0 Å². The summed E-state index contributed by atoms with van der Waals surface area (Å²) in [4.78, 5) is 26.0. The van der Waals surface area contributed by atoms with Gasteiger partial charge in [-0.15, -0.1) is 10.2 Å². The summed E-state index contributed by atoms with van der Waals surface area (Å²) in [6.07, 6.45) is 0. The molecule has 11 heteroatoms. The van der Waals surface area contributed by atoms with Crippen molar-refractivity contribution >= 4 is 52.5 Å². The summed E-state index contributed by atoms with van der Waals surface area (Å²) in [6.45, 7) is 0.130. The first-order chi connectivity index (χ1) is 15.3. The number of amides is 2. The maximum Gasteiger partial charge on any atom is 0.244 e. The molecular formula is C21H21Cl2N5O3S. The summed E-state index contributed by atoms with van der Waals surface area (Å²) < 4.78 is 7.45. The lowest BCUT2D eigenvalue weighted by Crippen LogP contribution is -2.36. The number of hydrogen-bond donors (Lipinski definition) is 1. The Morgan fingerprint density at radius 3 is 2.56 bits per heavy atom. The van der Waals surface area contributed by atoms with Crippen LogP contribution in [0.5, 0.6) is 5.75 Å². The molecule has 32 heavy (non-hydrogen) atoms. The third-order valence-corrected chi connectivity index (χ3v) is 5.97. The fourth-order valence-corrected chi connectivity index (χ4v) is 3.75. The van der Waals surface area contributed by atoms with Gasteiger partial charge in [-0.25, -0.2) is 0 Å². The fraction of sp³-hybridized carbons (Fsp3) is 0.238. The van der Waals surface area contributed by atoms with Crippen LogP contribution in [0.2, 0.25) is 10.0 Å². The van der Waals surface area contributed by atoms with Crippen molar-refractivity contribution in [3.05, 3.63) is 64.4 Å². The van der Waals surface area contributed by atoms with Crippen LogP contribution >= 0.6 is 35.0 Å². The van der Waals surface area contributed by atoms with Gasteiger partial charge >= 0.3 is 0 Å². The van der Waals surface area contributed by atoms with Crippen LogP contribution in [0, 0.1) is 0 Å². The number of nitrogens with zero attached hydrogens (tertiary/aromatic N) is 4. The van der Waals surface area contributed by atoms with Crippen molar-refractivity contribution in [1.29, 1.82) is 0 Å². The predicted molar refractivity (Wildman–Crippen MR) is 125 cm³/mol. The number of benzene rings is 2. The highest BCUT2D eigenvalue weighted by Gasteiger charge is 2.17. The van der Waals surface area contributed by atoms with Crippen LogP contribution in [-0.4, -0.2) is 50.8 Å². The molecule has 1 N–H and O–H groups in total. The normalized spacial score (nSPS) is 10.6. The minimum Gasteiger partial charge on any atom is -0.486 e. The molecule has 0 aliphatic carbocycles. The number of halogens is 2. The topological polar surface area (TPSA) is 89.3 Å². The van der Waals surface area contributed by atoms with Gasteiger partial charge in [-0.2, -0.15) is 0 Å². The van der Waals surface area contributed by atoms with Gasteiger partial charge < -0.3 is 19.5 Å². The highest BCUT2D eigenvalue weighted by molar-refractivity contribution is 7.99. The first-order valence-electron chi connectivity index (χ1n) is 9.51. The molecule has 0 spiro atoms. The second-order valence-electron chi connectivity index (χ2n) is 6.77. The summed E-state index contributed by atoms with van der Waals surface area (Å²) in [6, 6.07) is 13.9. The van der Waals surface area contributed by atoms with Gasteiger partial charge in [0.25, 0.3) is 0 Å². The molecule has 2 aromatic carbocycles. The van der Waals surface area contributed by atoms with Crippen molar-refractivity contribution < 1.29 is 14.3 Å². The molecule has 0 atom stereocenters. The second kappa shape index (κ2) is 11.2. The maximum absolute atomic E-state index is 12.4. The largest absolute Gasteiger partial charge is 0.486 e. The third-order valence-electron chi connectivity index (χ3n) is 4.39.